The van der Waals surface area contributed by atoms with Crippen molar-refractivity contribution < 1.29 is 27.2 Å². The highest BCUT2D eigenvalue weighted by Gasteiger charge is 2.39. The SMILES string of the molecule is O=C(CCC(=O)N1CCCC(c2nnc(C(F)(F)F)o2)C1)c1ccc(Cl)cc1. The molecule has 150 valence electrons. The molecular weight excluding hydrogens is 399 g/mol. The maximum atomic E-state index is 12.6. The van der Waals surface area contributed by atoms with E-state index in [4.69, 9.17) is 16.0 Å². The molecule has 1 saturated heterocycles. The van der Waals surface area contributed by atoms with E-state index >= 15 is 0 Å². The summed E-state index contributed by atoms with van der Waals surface area (Å²) >= 11 is 5.78. The van der Waals surface area contributed by atoms with Crippen LogP contribution >= 0.6 is 11.6 Å². The van der Waals surface area contributed by atoms with Gasteiger partial charge in [-0.3, -0.25) is 9.59 Å². The summed E-state index contributed by atoms with van der Waals surface area (Å²) in [5.41, 5.74) is 0.472. The van der Waals surface area contributed by atoms with Crippen molar-refractivity contribution in [2.75, 3.05) is 13.1 Å². The first-order valence-corrected chi connectivity index (χ1v) is 9.09. The highest BCUT2D eigenvalue weighted by atomic mass is 35.5. The largest absolute Gasteiger partial charge is 0.470 e. The number of ketones is 1. The van der Waals surface area contributed by atoms with E-state index in [0.29, 0.717) is 30.0 Å². The van der Waals surface area contributed by atoms with Gasteiger partial charge in [-0.25, -0.2) is 0 Å². The van der Waals surface area contributed by atoms with Crippen LogP contribution in [0.4, 0.5) is 13.2 Å². The summed E-state index contributed by atoms with van der Waals surface area (Å²) in [5, 5.41) is 7.03. The van der Waals surface area contributed by atoms with Crippen LogP contribution in [0.25, 0.3) is 0 Å². The first-order chi connectivity index (χ1) is 13.2. The molecule has 6 nitrogen and oxygen atoms in total. The van der Waals surface area contributed by atoms with Crippen LogP contribution in [0.5, 0.6) is 0 Å². The lowest BCUT2D eigenvalue weighted by atomic mass is 9.97. The van der Waals surface area contributed by atoms with Crippen molar-refractivity contribution in [2.45, 2.75) is 37.8 Å². The summed E-state index contributed by atoms with van der Waals surface area (Å²) in [6.45, 7) is 0.665. The molecule has 3 rings (SSSR count). The highest BCUT2D eigenvalue weighted by Crippen LogP contribution is 2.32. The number of alkyl halides is 3. The Kier molecular flexibility index (Phi) is 6.02. The zero-order valence-electron chi connectivity index (χ0n) is 14.7. The second-order valence-electron chi connectivity index (χ2n) is 6.55. The van der Waals surface area contributed by atoms with Crippen molar-refractivity contribution in [1.29, 1.82) is 0 Å². The summed E-state index contributed by atoms with van der Waals surface area (Å²) in [6.07, 6.45) is -3.48. The molecule has 0 aliphatic carbocycles. The van der Waals surface area contributed by atoms with Gasteiger partial charge in [0.05, 0.1) is 5.92 Å². The van der Waals surface area contributed by atoms with E-state index < -0.39 is 18.0 Å². The monoisotopic (exact) mass is 415 g/mol. The van der Waals surface area contributed by atoms with Crippen molar-refractivity contribution in [2.24, 2.45) is 0 Å². The Bertz CT molecular complexity index is 852. The summed E-state index contributed by atoms with van der Waals surface area (Å²) in [7, 11) is 0. The highest BCUT2D eigenvalue weighted by molar-refractivity contribution is 6.30. The van der Waals surface area contributed by atoms with E-state index in [1.807, 2.05) is 0 Å². The molecule has 2 aromatic rings. The Morgan fingerprint density at radius 3 is 2.54 bits per heavy atom. The van der Waals surface area contributed by atoms with Gasteiger partial charge in [-0.1, -0.05) is 11.6 Å². The number of aromatic nitrogens is 2. The second kappa shape index (κ2) is 8.30. The second-order valence-corrected chi connectivity index (χ2v) is 6.99. The molecule has 1 aliphatic rings. The maximum Gasteiger partial charge on any atom is 0.470 e. The molecule has 1 fully saturated rings. The zero-order valence-corrected chi connectivity index (χ0v) is 15.5. The Morgan fingerprint density at radius 2 is 1.89 bits per heavy atom. The molecule has 28 heavy (non-hydrogen) atoms. The number of benzene rings is 1. The minimum Gasteiger partial charge on any atom is -0.417 e. The van der Waals surface area contributed by atoms with Crippen LogP contribution in [-0.4, -0.2) is 39.9 Å². The lowest BCUT2D eigenvalue weighted by Crippen LogP contribution is -2.39. The van der Waals surface area contributed by atoms with E-state index in [-0.39, 0.29) is 37.0 Å². The van der Waals surface area contributed by atoms with Crippen LogP contribution in [-0.2, 0) is 11.0 Å². The summed E-state index contributed by atoms with van der Waals surface area (Å²) in [4.78, 5) is 26.1. The number of likely N-dealkylation sites (tertiary alicyclic amines) is 1. The smallest absolute Gasteiger partial charge is 0.417 e. The molecule has 1 atom stereocenters. The van der Waals surface area contributed by atoms with Gasteiger partial charge in [-0.15, -0.1) is 10.2 Å². The zero-order chi connectivity index (χ0) is 20.3. The fraction of sp³-hybridized carbons (Fsp3) is 0.444. The Hall–Kier alpha value is -2.42. The van der Waals surface area contributed by atoms with Crippen LogP contribution in [0.1, 0.15) is 53.7 Å². The third-order valence-corrected chi connectivity index (χ3v) is 4.79. The number of hydrogen-bond donors (Lipinski definition) is 0. The molecule has 1 unspecified atom stereocenters. The van der Waals surface area contributed by atoms with Gasteiger partial charge in [0.2, 0.25) is 11.8 Å². The average Bonchev–Trinajstić information content (AvgIpc) is 3.17. The molecule has 1 aromatic heterocycles. The Morgan fingerprint density at radius 1 is 1.18 bits per heavy atom. The molecule has 1 aromatic carbocycles. The standard InChI is InChI=1S/C18H17ClF3N3O3/c19-13-5-3-11(4-6-13)14(26)7-8-15(27)25-9-1-2-12(10-25)16-23-24-17(28-16)18(20,21)22/h3-6,12H,1-2,7-10H2. The Balaban J connectivity index is 1.56. The summed E-state index contributed by atoms with van der Waals surface area (Å²) in [6, 6.07) is 6.40. The molecular formula is C18H17ClF3N3O3. The van der Waals surface area contributed by atoms with Crippen molar-refractivity contribution in [3.8, 4) is 0 Å². The van der Waals surface area contributed by atoms with E-state index in [9.17, 15) is 22.8 Å². The van der Waals surface area contributed by atoms with E-state index in [1.54, 1.807) is 24.3 Å². The molecule has 0 spiro atoms. The predicted octanol–water partition coefficient (Wildman–Crippen LogP) is 4.11. The van der Waals surface area contributed by atoms with Crippen LogP contribution in [0, 0.1) is 0 Å². The fourth-order valence-electron chi connectivity index (χ4n) is 3.08. The number of Topliss-reactive ketones (excluding diaryl/α,β-unsaturated/α-hetero) is 1. The van der Waals surface area contributed by atoms with Gasteiger partial charge in [0.25, 0.3) is 0 Å². The van der Waals surface area contributed by atoms with Gasteiger partial charge in [0, 0.05) is 36.5 Å². The molecule has 0 bridgehead atoms. The Labute approximate surface area is 163 Å². The number of rotatable bonds is 5. The van der Waals surface area contributed by atoms with E-state index in [0.717, 1.165) is 0 Å². The lowest BCUT2D eigenvalue weighted by Gasteiger charge is -2.31. The van der Waals surface area contributed by atoms with Crippen LogP contribution in [0.2, 0.25) is 5.02 Å². The number of piperidine rings is 1. The van der Waals surface area contributed by atoms with Gasteiger partial charge in [0.15, 0.2) is 5.78 Å². The number of hydrogen-bond acceptors (Lipinski definition) is 5. The van der Waals surface area contributed by atoms with Gasteiger partial charge < -0.3 is 9.32 Å². The van der Waals surface area contributed by atoms with Crippen LogP contribution < -0.4 is 0 Å². The summed E-state index contributed by atoms with van der Waals surface area (Å²) in [5.74, 6) is -2.37. The quantitative estimate of drug-likeness (QED) is 0.687. The number of carbonyl (C=O) groups is 2. The van der Waals surface area contributed by atoms with Crippen molar-refractivity contribution in [3.05, 3.63) is 46.6 Å². The van der Waals surface area contributed by atoms with Crippen molar-refractivity contribution in [1.82, 2.24) is 15.1 Å². The molecule has 1 aliphatic heterocycles. The molecule has 1 amide bonds. The molecule has 2 heterocycles. The minimum atomic E-state index is -4.70. The third-order valence-electron chi connectivity index (χ3n) is 4.54. The molecule has 0 N–H and O–H groups in total. The van der Waals surface area contributed by atoms with E-state index in [1.165, 1.54) is 4.90 Å². The van der Waals surface area contributed by atoms with Crippen molar-refractivity contribution >= 4 is 23.3 Å². The van der Waals surface area contributed by atoms with Crippen LogP contribution in [0.3, 0.4) is 0 Å². The minimum absolute atomic E-state index is 0.0197. The predicted molar refractivity (Wildman–Crippen MR) is 92.9 cm³/mol. The normalized spacial score (nSPS) is 17.6. The fourth-order valence-corrected chi connectivity index (χ4v) is 3.20. The molecule has 0 radical (unpaired) electrons. The molecule has 0 saturated carbocycles. The first-order valence-electron chi connectivity index (χ1n) is 8.71. The van der Waals surface area contributed by atoms with Gasteiger partial charge in [-0.05, 0) is 37.1 Å². The first kappa shape index (κ1) is 20.3. The van der Waals surface area contributed by atoms with Crippen molar-refractivity contribution in [3.63, 3.8) is 0 Å². The number of nitrogens with zero attached hydrogens (tertiary/aromatic N) is 3. The maximum absolute atomic E-state index is 12.6. The van der Waals surface area contributed by atoms with Gasteiger partial charge >= 0.3 is 12.1 Å². The third kappa shape index (κ3) is 4.89. The number of amides is 1. The molecule has 10 heteroatoms. The van der Waals surface area contributed by atoms with Crippen LogP contribution in [0.15, 0.2) is 28.7 Å². The lowest BCUT2D eigenvalue weighted by molar-refractivity contribution is -0.157. The topological polar surface area (TPSA) is 76.3 Å². The van der Waals surface area contributed by atoms with E-state index in [2.05, 4.69) is 10.2 Å². The van der Waals surface area contributed by atoms with Gasteiger partial charge in [-0.2, -0.15) is 13.2 Å². The number of halogens is 4. The number of carbonyl (C=O) groups excluding carboxylic acids is 2. The summed E-state index contributed by atoms with van der Waals surface area (Å²) < 4.78 is 42.6. The average molecular weight is 416 g/mol. The van der Waals surface area contributed by atoms with Gasteiger partial charge in [0.1, 0.15) is 0 Å².